The van der Waals surface area contributed by atoms with Gasteiger partial charge in [0, 0.05) is 10.6 Å². The molecule has 0 N–H and O–H groups in total. The van der Waals surface area contributed by atoms with E-state index in [-0.39, 0.29) is 0 Å². The molecule has 0 aliphatic heterocycles. The van der Waals surface area contributed by atoms with Gasteiger partial charge in [-0.1, -0.05) is 35.9 Å². The van der Waals surface area contributed by atoms with Gasteiger partial charge in [-0.25, -0.2) is 0 Å². The largest absolute Gasteiger partial charge is 0.457 e. The molecule has 0 atom stereocenters. The third-order valence-corrected chi connectivity index (χ3v) is 3.70. The second-order valence-corrected chi connectivity index (χ2v) is 5.51. The Morgan fingerprint density at radius 3 is 2.46 bits per heavy atom. The fraction of sp³-hybridized carbons (Fsp3) is 0. The predicted molar refractivity (Wildman–Crippen MR) is 93.8 cm³/mol. The summed E-state index contributed by atoms with van der Waals surface area (Å²) in [5, 5.41) is 18.9. The highest BCUT2D eigenvalue weighted by Crippen LogP contribution is 2.27. The van der Waals surface area contributed by atoms with Gasteiger partial charge in [0.2, 0.25) is 0 Å². The average Bonchev–Trinajstić information content (AvgIpc) is 3.08. The van der Waals surface area contributed by atoms with Crippen LogP contribution in [0.15, 0.2) is 65.1 Å². The molecule has 2 aromatic carbocycles. The smallest absolute Gasteiger partial charge is 0.134 e. The maximum Gasteiger partial charge on any atom is 0.134 e. The number of hydrogen-bond donors (Lipinski definition) is 0. The first-order chi connectivity index (χ1) is 11.7. The number of nitrogens with zero attached hydrogens (tertiary/aromatic N) is 2. The molecule has 0 bridgehead atoms. The summed E-state index contributed by atoms with van der Waals surface area (Å²) in [7, 11) is 0. The van der Waals surface area contributed by atoms with Gasteiger partial charge in [0.05, 0.1) is 23.3 Å². The van der Waals surface area contributed by atoms with E-state index in [1.54, 1.807) is 42.5 Å². The van der Waals surface area contributed by atoms with Crippen molar-refractivity contribution in [3.05, 3.63) is 82.6 Å². The molecule has 0 amide bonds. The van der Waals surface area contributed by atoms with Crippen molar-refractivity contribution in [2.45, 2.75) is 0 Å². The fourth-order valence-electron chi connectivity index (χ4n) is 2.27. The SMILES string of the molecule is N#CC(=Cc1ccc(-c2cccc(Cl)c2)o1)c1ccc(C#N)cc1. The Bertz CT molecular complexity index is 985. The summed E-state index contributed by atoms with van der Waals surface area (Å²) >= 11 is 5.99. The quantitative estimate of drug-likeness (QED) is 0.593. The van der Waals surface area contributed by atoms with Crippen LogP contribution in [-0.2, 0) is 0 Å². The first-order valence-corrected chi connectivity index (χ1v) is 7.55. The molecule has 0 radical (unpaired) electrons. The van der Waals surface area contributed by atoms with Crippen molar-refractivity contribution in [3.63, 3.8) is 0 Å². The normalized spacial score (nSPS) is 10.9. The predicted octanol–water partition coefficient (Wildman–Crippen LogP) is 5.54. The molecule has 0 unspecified atom stereocenters. The molecule has 1 heterocycles. The van der Waals surface area contributed by atoms with Crippen LogP contribution in [0.3, 0.4) is 0 Å². The molecule has 3 nitrogen and oxygen atoms in total. The molecule has 3 rings (SSSR count). The van der Waals surface area contributed by atoms with Crippen LogP contribution < -0.4 is 0 Å². The Morgan fingerprint density at radius 1 is 1.00 bits per heavy atom. The molecule has 0 saturated heterocycles. The molecule has 114 valence electrons. The van der Waals surface area contributed by atoms with E-state index >= 15 is 0 Å². The van der Waals surface area contributed by atoms with Gasteiger partial charge >= 0.3 is 0 Å². The minimum Gasteiger partial charge on any atom is -0.457 e. The Balaban J connectivity index is 1.92. The van der Waals surface area contributed by atoms with Crippen molar-refractivity contribution in [1.29, 1.82) is 10.5 Å². The number of halogens is 1. The maximum absolute atomic E-state index is 9.39. The zero-order chi connectivity index (χ0) is 16.9. The minimum absolute atomic E-state index is 0.464. The van der Waals surface area contributed by atoms with E-state index in [2.05, 4.69) is 12.1 Å². The lowest BCUT2D eigenvalue weighted by Crippen LogP contribution is -1.82. The van der Waals surface area contributed by atoms with E-state index in [0.29, 0.717) is 27.7 Å². The lowest BCUT2D eigenvalue weighted by molar-refractivity contribution is 0.572. The highest BCUT2D eigenvalue weighted by molar-refractivity contribution is 6.30. The Morgan fingerprint density at radius 2 is 1.79 bits per heavy atom. The van der Waals surface area contributed by atoms with Crippen LogP contribution in [0.4, 0.5) is 0 Å². The molecule has 0 aliphatic carbocycles. The monoisotopic (exact) mass is 330 g/mol. The van der Waals surface area contributed by atoms with Gasteiger partial charge < -0.3 is 4.42 Å². The summed E-state index contributed by atoms with van der Waals surface area (Å²) < 4.78 is 5.78. The van der Waals surface area contributed by atoms with Crippen LogP contribution in [0.2, 0.25) is 5.02 Å². The van der Waals surface area contributed by atoms with Gasteiger partial charge in [-0.2, -0.15) is 10.5 Å². The second-order valence-electron chi connectivity index (χ2n) is 5.07. The number of allylic oxidation sites excluding steroid dienone is 1. The fourth-order valence-corrected chi connectivity index (χ4v) is 2.46. The number of nitriles is 2. The molecule has 0 spiro atoms. The Hall–Kier alpha value is -3.27. The lowest BCUT2D eigenvalue weighted by atomic mass is 10.0. The molecular weight excluding hydrogens is 320 g/mol. The maximum atomic E-state index is 9.39. The zero-order valence-electron chi connectivity index (χ0n) is 12.5. The molecule has 0 fully saturated rings. The summed E-state index contributed by atoms with van der Waals surface area (Å²) in [6.07, 6.45) is 1.68. The first-order valence-electron chi connectivity index (χ1n) is 7.18. The number of hydrogen-bond acceptors (Lipinski definition) is 3. The minimum atomic E-state index is 0.464. The van der Waals surface area contributed by atoms with Crippen LogP contribution in [-0.4, -0.2) is 0 Å². The summed E-state index contributed by atoms with van der Waals surface area (Å²) in [4.78, 5) is 0. The Labute approximate surface area is 144 Å². The van der Waals surface area contributed by atoms with Gasteiger partial charge in [-0.3, -0.25) is 0 Å². The van der Waals surface area contributed by atoms with E-state index in [4.69, 9.17) is 21.3 Å². The first kappa shape index (κ1) is 15.6. The summed E-state index contributed by atoms with van der Waals surface area (Å²) in [5.41, 5.74) is 2.63. The molecular formula is C20H11ClN2O. The molecule has 3 aromatic rings. The molecule has 4 heteroatoms. The van der Waals surface area contributed by atoms with Crippen molar-refractivity contribution in [3.8, 4) is 23.5 Å². The van der Waals surface area contributed by atoms with Crippen LogP contribution in [0.5, 0.6) is 0 Å². The molecule has 1 aromatic heterocycles. The highest BCUT2D eigenvalue weighted by atomic mass is 35.5. The Kier molecular flexibility index (Phi) is 4.47. The van der Waals surface area contributed by atoms with Crippen LogP contribution >= 0.6 is 11.6 Å². The number of benzene rings is 2. The average molecular weight is 331 g/mol. The lowest BCUT2D eigenvalue weighted by Gasteiger charge is -1.99. The van der Waals surface area contributed by atoms with Crippen LogP contribution in [0, 0.1) is 22.7 Å². The third-order valence-electron chi connectivity index (χ3n) is 3.47. The standard InChI is InChI=1S/C20H11ClN2O/c21-18-3-1-2-16(10-18)20-9-8-19(24-20)11-17(13-23)15-6-4-14(12-22)5-7-15/h1-11H. The van der Waals surface area contributed by atoms with Crippen LogP contribution in [0.1, 0.15) is 16.9 Å². The molecule has 24 heavy (non-hydrogen) atoms. The van der Waals surface area contributed by atoms with E-state index < -0.39 is 0 Å². The number of rotatable bonds is 3. The topological polar surface area (TPSA) is 60.7 Å². The molecule has 0 aliphatic rings. The summed E-state index contributed by atoms with van der Waals surface area (Å²) in [5.74, 6) is 1.26. The third kappa shape index (κ3) is 3.38. The van der Waals surface area contributed by atoms with Gasteiger partial charge in [0.25, 0.3) is 0 Å². The van der Waals surface area contributed by atoms with Gasteiger partial charge in [0.1, 0.15) is 11.5 Å². The second kappa shape index (κ2) is 6.87. The summed E-state index contributed by atoms with van der Waals surface area (Å²) in [6.45, 7) is 0. The van der Waals surface area contributed by atoms with E-state index in [1.807, 2.05) is 24.3 Å². The van der Waals surface area contributed by atoms with E-state index in [0.717, 1.165) is 11.1 Å². The number of furan rings is 1. The van der Waals surface area contributed by atoms with Crippen molar-refractivity contribution < 1.29 is 4.42 Å². The molecule has 0 saturated carbocycles. The van der Waals surface area contributed by atoms with Crippen molar-refractivity contribution in [2.24, 2.45) is 0 Å². The van der Waals surface area contributed by atoms with Gasteiger partial charge in [-0.05, 0) is 48.0 Å². The van der Waals surface area contributed by atoms with Crippen molar-refractivity contribution in [1.82, 2.24) is 0 Å². The van der Waals surface area contributed by atoms with Crippen molar-refractivity contribution >= 4 is 23.3 Å². The zero-order valence-corrected chi connectivity index (χ0v) is 13.3. The highest BCUT2D eigenvalue weighted by Gasteiger charge is 2.07. The van der Waals surface area contributed by atoms with Gasteiger partial charge in [-0.15, -0.1) is 0 Å². The van der Waals surface area contributed by atoms with Gasteiger partial charge in [0.15, 0.2) is 0 Å². The van der Waals surface area contributed by atoms with Crippen LogP contribution in [0.25, 0.3) is 23.0 Å². The van der Waals surface area contributed by atoms with Crippen molar-refractivity contribution in [2.75, 3.05) is 0 Å². The van der Waals surface area contributed by atoms with E-state index in [1.165, 1.54) is 0 Å². The summed E-state index contributed by atoms with van der Waals surface area (Å²) in [6, 6.07) is 22.1. The van der Waals surface area contributed by atoms with E-state index in [9.17, 15) is 5.26 Å².